The fourth-order valence-electron chi connectivity index (χ4n) is 1.73. The second-order valence-corrected chi connectivity index (χ2v) is 7.16. The summed E-state index contributed by atoms with van der Waals surface area (Å²) >= 11 is 1.73. The highest BCUT2D eigenvalue weighted by molar-refractivity contribution is 7.11. The Hall–Kier alpha value is -1.14. The molecule has 0 fully saturated rings. The first kappa shape index (κ1) is 17.9. The third-order valence-corrected chi connectivity index (χ3v) is 3.95. The summed E-state index contributed by atoms with van der Waals surface area (Å²) in [6, 6.07) is 0.0680. The number of aromatic nitrogens is 1. The van der Waals surface area contributed by atoms with Gasteiger partial charge in [-0.15, -0.1) is 11.3 Å². The van der Waals surface area contributed by atoms with Crippen LogP contribution < -0.4 is 10.6 Å². The highest BCUT2D eigenvalue weighted by Crippen LogP contribution is 2.12. The Labute approximate surface area is 131 Å². The summed E-state index contributed by atoms with van der Waals surface area (Å²) in [7, 11) is 0. The van der Waals surface area contributed by atoms with Crippen LogP contribution in [-0.2, 0) is 17.7 Å². The summed E-state index contributed by atoms with van der Waals surface area (Å²) in [5, 5.41) is 7.41. The van der Waals surface area contributed by atoms with Crippen LogP contribution in [0.25, 0.3) is 0 Å². The molecule has 0 aliphatic rings. The van der Waals surface area contributed by atoms with Crippen LogP contribution in [0, 0.1) is 0 Å². The molecule has 1 aromatic rings. The Morgan fingerprint density at radius 1 is 1.43 bits per heavy atom. The molecular formula is C15H27N3O2S. The van der Waals surface area contributed by atoms with Gasteiger partial charge in [-0.05, 0) is 33.6 Å². The smallest absolute Gasteiger partial charge is 0.407 e. The number of carbonyl (C=O) groups is 1. The summed E-state index contributed by atoms with van der Waals surface area (Å²) in [5.41, 5.74) is -0.463. The fourth-order valence-corrected chi connectivity index (χ4v) is 2.57. The van der Waals surface area contributed by atoms with Crippen LogP contribution in [0.15, 0.2) is 6.20 Å². The van der Waals surface area contributed by atoms with Gasteiger partial charge in [0.15, 0.2) is 0 Å². The lowest BCUT2D eigenvalue weighted by Crippen LogP contribution is -2.43. The first-order valence-electron chi connectivity index (χ1n) is 7.47. The molecule has 21 heavy (non-hydrogen) atoms. The molecule has 120 valence electrons. The average molecular weight is 313 g/mol. The number of aryl methyl sites for hydroxylation is 1. The topological polar surface area (TPSA) is 63.2 Å². The molecule has 1 atom stereocenters. The zero-order valence-electron chi connectivity index (χ0n) is 13.7. The summed E-state index contributed by atoms with van der Waals surface area (Å²) in [5.74, 6) is 0. The number of ether oxygens (including phenoxy) is 1. The van der Waals surface area contributed by atoms with E-state index in [1.807, 2.05) is 33.9 Å². The molecule has 0 radical (unpaired) electrons. The van der Waals surface area contributed by atoms with Crippen LogP contribution in [0.5, 0.6) is 0 Å². The number of amides is 1. The average Bonchev–Trinajstić information content (AvgIpc) is 2.83. The molecule has 0 spiro atoms. The number of hydrogen-bond acceptors (Lipinski definition) is 5. The van der Waals surface area contributed by atoms with Crippen molar-refractivity contribution in [3.63, 3.8) is 0 Å². The summed E-state index contributed by atoms with van der Waals surface area (Å²) in [6.07, 6.45) is 3.39. The molecule has 0 bridgehead atoms. The van der Waals surface area contributed by atoms with Crippen LogP contribution in [0.2, 0.25) is 0 Å². The number of carbonyl (C=O) groups excluding carboxylic acids is 1. The Bertz CT molecular complexity index is 440. The molecule has 0 aliphatic carbocycles. The van der Waals surface area contributed by atoms with Gasteiger partial charge in [0, 0.05) is 30.2 Å². The van der Waals surface area contributed by atoms with Crippen molar-refractivity contribution in [2.24, 2.45) is 0 Å². The van der Waals surface area contributed by atoms with Gasteiger partial charge in [-0.3, -0.25) is 0 Å². The Kier molecular flexibility index (Phi) is 7.11. The number of thiazole rings is 1. The van der Waals surface area contributed by atoms with E-state index in [4.69, 9.17) is 4.74 Å². The lowest BCUT2D eigenvalue weighted by Gasteiger charge is -2.23. The van der Waals surface area contributed by atoms with Gasteiger partial charge in [-0.1, -0.05) is 13.8 Å². The van der Waals surface area contributed by atoms with Crippen molar-refractivity contribution in [2.75, 3.05) is 6.54 Å². The quantitative estimate of drug-likeness (QED) is 0.812. The Morgan fingerprint density at radius 3 is 2.67 bits per heavy atom. The summed E-state index contributed by atoms with van der Waals surface area (Å²) < 4.78 is 5.27. The van der Waals surface area contributed by atoms with Crippen LogP contribution in [-0.4, -0.2) is 29.3 Å². The van der Waals surface area contributed by atoms with Gasteiger partial charge >= 0.3 is 6.09 Å². The zero-order chi connectivity index (χ0) is 15.9. The number of nitrogens with one attached hydrogen (secondary N) is 2. The van der Waals surface area contributed by atoms with Crippen LogP contribution in [0.4, 0.5) is 4.79 Å². The van der Waals surface area contributed by atoms with Crippen LogP contribution >= 0.6 is 11.3 Å². The van der Waals surface area contributed by atoms with Gasteiger partial charge in [0.05, 0.1) is 5.01 Å². The van der Waals surface area contributed by atoms with Crippen LogP contribution in [0.3, 0.4) is 0 Å². The minimum atomic E-state index is -0.463. The third kappa shape index (κ3) is 7.43. The molecule has 0 aliphatic heterocycles. The molecule has 2 N–H and O–H groups in total. The predicted molar refractivity (Wildman–Crippen MR) is 86.6 cm³/mol. The molecule has 5 nitrogen and oxygen atoms in total. The van der Waals surface area contributed by atoms with E-state index in [1.54, 1.807) is 11.3 Å². The minimum absolute atomic E-state index is 0.0680. The normalized spacial score (nSPS) is 13.0. The zero-order valence-corrected chi connectivity index (χ0v) is 14.5. The largest absolute Gasteiger partial charge is 0.444 e. The van der Waals surface area contributed by atoms with Crippen molar-refractivity contribution in [3.05, 3.63) is 16.1 Å². The highest BCUT2D eigenvalue weighted by Gasteiger charge is 2.18. The number of hydrogen-bond donors (Lipinski definition) is 2. The first-order valence-corrected chi connectivity index (χ1v) is 8.29. The lowest BCUT2D eigenvalue weighted by molar-refractivity contribution is 0.0502. The third-order valence-electron chi connectivity index (χ3n) is 2.81. The van der Waals surface area contributed by atoms with E-state index in [2.05, 4.69) is 22.5 Å². The van der Waals surface area contributed by atoms with Crippen molar-refractivity contribution < 1.29 is 9.53 Å². The summed E-state index contributed by atoms with van der Waals surface area (Å²) in [6.45, 7) is 11.2. The van der Waals surface area contributed by atoms with E-state index in [9.17, 15) is 4.79 Å². The maximum absolute atomic E-state index is 11.7. The van der Waals surface area contributed by atoms with Gasteiger partial charge in [0.25, 0.3) is 0 Å². The Balaban J connectivity index is 2.32. The molecule has 0 aromatic carbocycles. The van der Waals surface area contributed by atoms with Gasteiger partial charge in [-0.2, -0.15) is 0 Å². The SMILES string of the molecule is CCc1ncc(CNCC(CC)NC(=O)OC(C)(C)C)s1. The second-order valence-electron chi connectivity index (χ2n) is 5.96. The van der Waals surface area contributed by atoms with Crippen molar-refractivity contribution >= 4 is 17.4 Å². The van der Waals surface area contributed by atoms with Crippen LogP contribution in [0.1, 0.15) is 50.9 Å². The molecule has 0 saturated carbocycles. The fraction of sp³-hybridized carbons (Fsp3) is 0.733. The second kappa shape index (κ2) is 8.34. The van der Waals surface area contributed by atoms with E-state index in [-0.39, 0.29) is 12.1 Å². The van der Waals surface area contributed by atoms with Gasteiger partial charge < -0.3 is 15.4 Å². The monoisotopic (exact) mass is 313 g/mol. The first-order chi connectivity index (χ1) is 9.84. The van der Waals surface area contributed by atoms with Crippen molar-refractivity contribution in [1.82, 2.24) is 15.6 Å². The standard InChI is InChI=1S/C15H27N3O2S/c1-6-11(18-14(19)20-15(3,4)5)8-16-9-12-10-17-13(7-2)21-12/h10-11,16H,6-9H2,1-5H3,(H,18,19). The molecule has 1 rings (SSSR count). The maximum atomic E-state index is 11.7. The minimum Gasteiger partial charge on any atom is -0.444 e. The molecule has 6 heteroatoms. The van der Waals surface area contributed by atoms with E-state index in [0.717, 1.165) is 30.9 Å². The number of alkyl carbamates (subject to hydrolysis) is 1. The molecule has 1 heterocycles. The highest BCUT2D eigenvalue weighted by atomic mass is 32.1. The number of rotatable bonds is 7. The molecule has 1 amide bonds. The van der Waals surface area contributed by atoms with E-state index in [0.29, 0.717) is 0 Å². The lowest BCUT2D eigenvalue weighted by atomic mass is 10.2. The predicted octanol–water partition coefficient (Wildman–Crippen LogP) is 3.10. The molecule has 1 unspecified atom stereocenters. The molecule has 0 saturated heterocycles. The van der Waals surface area contributed by atoms with Gasteiger partial charge in [0.2, 0.25) is 0 Å². The number of nitrogens with zero attached hydrogens (tertiary/aromatic N) is 1. The van der Waals surface area contributed by atoms with E-state index in [1.165, 1.54) is 4.88 Å². The van der Waals surface area contributed by atoms with Crippen molar-refractivity contribution in [1.29, 1.82) is 0 Å². The van der Waals surface area contributed by atoms with Crippen molar-refractivity contribution in [3.8, 4) is 0 Å². The summed E-state index contributed by atoms with van der Waals surface area (Å²) in [4.78, 5) is 17.3. The maximum Gasteiger partial charge on any atom is 0.407 e. The molecular weight excluding hydrogens is 286 g/mol. The van der Waals surface area contributed by atoms with E-state index < -0.39 is 5.60 Å². The van der Waals surface area contributed by atoms with Gasteiger partial charge in [-0.25, -0.2) is 9.78 Å². The van der Waals surface area contributed by atoms with E-state index >= 15 is 0 Å². The van der Waals surface area contributed by atoms with Gasteiger partial charge in [0.1, 0.15) is 5.60 Å². The Morgan fingerprint density at radius 2 is 2.14 bits per heavy atom. The van der Waals surface area contributed by atoms with Crippen molar-refractivity contribution in [2.45, 2.75) is 65.6 Å². The molecule has 1 aromatic heterocycles.